The van der Waals surface area contributed by atoms with Crippen LogP contribution in [0.1, 0.15) is 23.6 Å². The van der Waals surface area contributed by atoms with Crippen LogP contribution in [0.3, 0.4) is 0 Å². The van der Waals surface area contributed by atoms with Crippen LogP contribution in [0.5, 0.6) is 0 Å². The van der Waals surface area contributed by atoms with Crippen LogP contribution >= 0.6 is 0 Å². The van der Waals surface area contributed by atoms with Crippen LogP contribution in [-0.4, -0.2) is 36.9 Å². The van der Waals surface area contributed by atoms with Crippen molar-refractivity contribution in [1.82, 2.24) is 4.31 Å². The number of aliphatic carboxylic acids is 1. The molecule has 2 aromatic carbocycles. The van der Waals surface area contributed by atoms with E-state index in [0.717, 1.165) is 27.4 Å². The van der Waals surface area contributed by atoms with Gasteiger partial charge >= 0.3 is 5.97 Å². The van der Waals surface area contributed by atoms with Gasteiger partial charge in [-0.25, -0.2) is 8.42 Å². The Bertz CT molecular complexity index is 844. The normalized spacial score (nSPS) is 13.0. The van der Waals surface area contributed by atoms with Crippen molar-refractivity contribution in [3.8, 4) is 0 Å². The van der Waals surface area contributed by atoms with Gasteiger partial charge in [-0.2, -0.15) is 4.31 Å². The summed E-state index contributed by atoms with van der Waals surface area (Å²) in [6, 6.07) is 12.7. The zero-order chi connectivity index (χ0) is 18.6. The van der Waals surface area contributed by atoms with E-state index >= 15 is 0 Å². The zero-order valence-corrected chi connectivity index (χ0v) is 15.5. The third kappa shape index (κ3) is 4.27. The molecular weight excluding hydrogens is 338 g/mol. The van der Waals surface area contributed by atoms with Gasteiger partial charge in [-0.1, -0.05) is 48.9 Å². The van der Waals surface area contributed by atoms with Gasteiger partial charge in [0.2, 0.25) is 10.0 Å². The maximum atomic E-state index is 12.8. The van der Waals surface area contributed by atoms with E-state index in [1.54, 1.807) is 12.1 Å². The average Bonchev–Trinajstić information content (AvgIpc) is 2.59. The number of carbonyl (C=O) groups is 1. The molecule has 0 bridgehead atoms. The molecule has 6 heteroatoms. The van der Waals surface area contributed by atoms with Crippen LogP contribution in [0.2, 0.25) is 0 Å². The number of nitrogens with zero attached hydrogens (tertiary/aromatic N) is 1. The van der Waals surface area contributed by atoms with Crippen LogP contribution in [0.15, 0.2) is 53.4 Å². The molecule has 2 rings (SSSR count). The fraction of sp³-hybridized carbons (Fsp3) is 0.316. The number of rotatable bonds is 7. The van der Waals surface area contributed by atoms with Crippen molar-refractivity contribution >= 4 is 16.0 Å². The highest BCUT2D eigenvalue weighted by Crippen LogP contribution is 2.21. The van der Waals surface area contributed by atoms with Crippen LogP contribution in [0.25, 0.3) is 0 Å². The van der Waals surface area contributed by atoms with Crippen molar-refractivity contribution in [3.05, 3.63) is 65.2 Å². The van der Waals surface area contributed by atoms with Gasteiger partial charge in [0.1, 0.15) is 6.04 Å². The summed E-state index contributed by atoms with van der Waals surface area (Å²) in [6.07, 6.45) is 0.887. The van der Waals surface area contributed by atoms with Gasteiger partial charge in [-0.15, -0.1) is 0 Å². The molecule has 0 aliphatic carbocycles. The minimum Gasteiger partial charge on any atom is -0.480 e. The molecule has 2 aromatic rings. The van der Waals surface area contributed by atoms with Gasteiger partial charge in [0.25, 0.3) is 0 Å². The number of hydrogen-bond donors (Lipinski definition) is 1. The third-order valence-corrected chi connectivity index (χ3v) is 6.22. The summed E-state index contributed by atoms with van der Waals surface area (Å²) in [6.45, 7) is 3.85. The molecule has 0 aliphatic heterocycles. The van der Waals surface area contributed by atoms with E-state index in [0.29, 0.717) is 0 Å². The van der Waals surface area contributed by atoms with Crippen LogP contribution in [0, 0.1) is 6.92 Å². The third-order valence-electron chi connectivity index (χ3n) is 4.33. The summed E-state index contributed by atoms with van der Waals surface area (Å²) >= 11 is 0. The number of hydrogen-bond acceptors (Lipinski definition) is 3. The van der Waals surface area contributed by atoms with E-state index in [1.807, 2.05) is 38.1 Å². The Hall–Kier alpha value is -2.18. The van der Waals surface area contributed by atoms with E-state index in [2.05, 4.69) is 0 Å². The lowest BCUT2D eigenvalue weighted by atomic mass is 9.99. The van der Waals surface area contributed by atoms with E-state index < -0.39 is 22.0 Å². The lowest BCUT2D eigenvalue weighted by Crippen LogP contribution is -2.43. The van der Waals surface area contributed by atoms with E-state index in [4.69, 9.17) is 0 Å². The van der Waals surface area contributed by atoms with E-state index in [-0.39, 0.29) is 11.3 Å². The molecule has 0 heterocycles. The lowest BCUT2D eigenvalue weighted by Gasteiger charge is -2.25. The predicted molar refractivity (Wildman–Crippen MR) is 97.1 cm³/mol. The zero-order valence-electron chi connectivity index (χ0n) is 14.6. The topological polar surface area (TPSA) is 74.7 Å². The van der Waals surface area contributed by atoms with Crippen LogP contribution in [0.4, 0.5) is 0 Å². The first kappa shape index (κ1) is 19.1. The Labute approximate surface area is 149 Å². The summed E-state index contributed by atoms with van der Waals surface area (Å²) in [5.74, 6) is -1.16. The molecule has 0 saturated carbocycles. The standard InChI is InChI=1S/C19H23NO4S/c1-4-15-7-5-6-8-16(15)13-18(19(21)22)20(3)25(23,24)17-11-9-14(2)10-12-17/h5-12,18H,4,13H2,1-3H3,(H,21,22). The molecule has 0 fully saturated rings. The highest BCUT2D eigenvalue weighted by Gasteiger charge is 2.33. The summed E-state index contributed by atoms with van der Waals surface area (Å²) < 4.78 is 26.5. The van der Waals surface area contributed by atoms with Gasteiger partial charge in [0, 0.05) is 7.05 Å². The molecule has 1 N–H and O–H groups in total. The van der Waals surface area contributed by atoms with Crippen molar-refractivity contribution < 1.29 is 18.3 Å². The molecule has 25 heavy (non-hydrogen) atoms. The average molecular weight is 361 g/mol. The smallest absolute Gasteiger partial charge is 0.322 e. The highest BCUT2D eigenvalue weighted by molar-refractivity contribution is 7.89. The molecule has 0 saturated heterocycles. The van der Waals surface area contributed by atoms with Crippen molar-refractivity contribution in [2.45, 2.75) is 37.6 Å². The molecule has 1 atom stereocenters. The highest BCUT2D eigenvalue weighted by atomic mass is 32.2. The van der Waals surface area contributed by atoms with E-state index in [9.17, 15) is 18.3 Å². The number of carboxylic acids is 1. The molecular formula is C19H23NO4S. The van der Waals surface area contributed by atoms with Crippen molar-refractivity contribution in [3.63, 3.8) is 0 Å². The summed E-state index contributed by atoms with van der Waals surface area (Å²) in [4.78, 5) is 11.9. The van der Waals surface area contributed by atoms with Gasteiger partial charge in [0.15, 0.2) is 0 Å². The lowest BCUT2D eigenvalue weighted by molar-refractivity contribution is -0.141. The summed E-state index contributed by atoms with van der Waals surface area (Å²) in [5, 5.41) is 9.62. The first-order valence-corrected chi connectivity index (χ1v) is 9.55. The quantitative estimate of drug-likeness (QED) is 0.823. The van der Waals surface area contributed by atoms with Crippen molar-refractivity contribution in [1.29, 1.82) is 0 Å². The maximum Gasteiger partial charge on any atom is 0.322 e. The second kappa shape index (κ2) is 7.80. The van der Waals surface area contributed by atoms with Crippen LogP contribution in [-0.2, 0) is 27.7 Å². The van der Waals surface area contributed by atoms with Crippen molar-refractivity contribution in [2.24, 2.45) is 0 Å². The van der Waals surface area contributed by atoms with Gasteiger partial charge in [-0.05, 0) is 43.0 Å². The Morgan fingerprint density at radius 3 is 2.16 bits per heavy atom. The molecule has 0 radical (unpaired) electrons. The second-order valence-corrected chi connectivity index (χ2v) is 8.01. The fourth-order valence-corrected chi connectivity index (χ4v) is 4.04. The number of carboxylic acid groups (broad SMARTS) is 1. The van der Waals surface area contributed by atoms with Crippen LogP contribution < -0.4 is 0 Å². The van der Waals surface area contributed by atoms with Crippen molar-refractivity contribution in [2.75, 3.05) is 7.05 Å². The first-order chi connectivity index (χ1) is 11.8. The second-order valence-electron chi connectivity index (χ2n) is 6.01. The Morgan fingerprint density at radius 1 is 1.08 bits per heavy atom. The first-order valence-electron chi connectivity index (χ1n) is 8.11. The van der Waals surface area contributed by atoms with Gasteiger partial charge in [-0.3, -0.25) is 4.79 Å². The minimum atomic E-state index is -3.89. The fourth-order valence-electron chi connectivity index (χ4n) is 2.73. The number of likely N-dealkylation sites (N-methyl/N-ethyl adjacent to an activating group) is 1. The Morgan fingerprint density at radius 2 is 1.64 bits per heavy atom. The van der Waals surface area contributed by atoms with E-state index in [1.165, 1.54) is 19.2 Å². The number of aryl methyl sites for hydroxylation is 2. The Balaban J connectivity index is 2.36. The monoisotopic (exact) mass is 361 g/mol. The molecule has 0 amide bonds. The summed E-state index contributed by atoms with van der Waals surface area (Å²) in [7, 11) is -2.57. The number of benzene rings is 2. The molecule has 1 unspecified atom stereocenters. The molecule has 0 spiro atoms. The molecule has 0 aliphatic rings. The van der Waals surface area contributed by atoms with Gasteiger partial charge in [0.05, 0.1) is 4.90 Å². The predicted octanol–water partition coefficient (Wildman–Crippen LogP) is 2.87. The Kier molecular flexibility index (Phi) is 5.98. The number of sulfonamides is 1. The largest absolute Gasteiger partial charge is 0.480 e. The summed E-state index contributed by atoms with van der Waals surface area (Å²) in [5.41, 5.74) is 2.81. The maximum absolute atomic E-state index is 12.8. The van der Waals surface area contributed by atoms with Gasteiger partial charge < -0.3 is 5.11 Å². The molecule has 134 valence electrons. The molecule has 5 nitrogen and oxygen atoms in total. The SMILES string of the molecule is CCc1ccccc1CC(C(=O)O)N(C)S(=O)(=O)c1ccc(C)cc1. The minimum absolute atomic E-state index is 0.0932. The molecule has 0 aromatic heterocycles.